The summed E-state index contributed by atoms with van der Waals surface area (Å²) in [6.07, 6.45) is 7.04. The van der Waals surface area contributed by atoms with E-state index in [1.807, 2.05) is 0 Å². The Hall–Kier alpha value is -2.75. The Balaban J connectivity index is 1.27. The molecule has 0 radical (unpaired) electrons. The number of rotatable bonds is 6. The quantitative estimate of drug-likeness (QED) is 0.428. The molecule has 2 aromatic heterocycles. The van der Waals surface area contributed by atoms with Crippen LogP contribution in [-0.2, 0) is 16.1 Å². The first-order chi connectivity index (χ1) is 16.6. The molecule has 1 aliphatic heterocycles. The lowest BCUT2D eigenvalue weighted by Gasteiger charge is -2.28. The maximum atomic E-state index is 12.2. The molecule has 2 fully saturated rings. The molecule has 34 heavy (non-hydrogen) atoms. The predicted molar refractivity (Wildman–Crippen MR) is 134 cm³/mol. The standard InChI is InChI=1S/C25H27BrN6O2/c26-18-12-28-25-22(21(18)29-20-17-6-5-16(11-17)19(20)23(27)33)30-24(31-25)15-3-1-14(2-4-15)13-32-7-9-34-10-8-32/h1-6,12,16-17,19-20H,7-11,13H2,(H2,27,33)(H2,28,29,30,31)/t16-,17-,19+,20-/m1/s1. The Labute approximate surface area is 206 Å². The average Bonchev–Trinajstić information content (AvgIpc) is 3.57. The number of aromatic amines is 1. The molecule has 0 unspecified atom stereocenters. The summed E-state index contributed by atoms with van der Waals surface area (Å²) in [4.78, 5) is 27.3. The van der Waals surface area contributed by atoms with Crippen molar-refractivity contribution in [2.75, 3.05) is 31.6 Å². The van der Waals surface area contributed by atoms with Gasteiger partial charge in [-0.25, -0.2) is 9.97 Å². The number of primary amides is 1. The second kappa shape index (κ2) is 8.79. The molecular weight excluding hydrogens is 496 g/mol. The normalized spacial score (nSPS) is 26.4. The maximum Gasteiger partial charge on any atom is 0.223 e. The molecule has 1 saturated carbocycles. The lowest BCUT2D eigenvalue weighted by atomic mass is 9.88. The van der Waals surface area contributed by atoms with E-state index in [-0.39, 0.29) is 23.8 Å². The lowest BCUT2D eigenvalue weighted by Crippen LogP contribution is -2.41. The minimum atomic E-state index is -0.252. The van der Waals surface area contributed by atoms with E-state index in [1.165, 1.54) is 5.56 Å². The number of H-pyrrole nitrogens is 1. The molecular formula is C25H27BrN6O2. The predicted octanol–water partition coefficient (Wildman–Crippen LogP) is 3.31. The average molecular weight is 523 g/mol. The summed E-state index contributed by atoms with van der Waals surface area (Å²) in [6.45, 7) is 4.46. The van der Waals surface area contributed by atoms with Crippen LogP contribution in [0.1, 0.15) is 12.0 Å². The van der Waals surface area contributed by atoms with E-state index >= 15 is 0 Å². The Morgan fingerprint density at radius 2 is 1.97 bits per heavy atom. The number of carbonyl (C=O) groups excluding carboxylic acids is 1. The van der Waals surface area contributed by atoms with Gasteiger partial charge in [-0.3, -0.25) is 9.69 Å². The van der Waals surface area contributed by atoms with Crippen molar-refractivity contribution < 1.29 is 9.53 Å². The van der Waals surface area contributed by atoms with E-state index in [4.69, 9.17) is 15.5 Å². The van der Waals surface area contributed by atoms with Crippen LogP contribution in [0.2, 0.25) is 0 Å². The van der Waals surface area contributed by atoms with Crippen LogP contribution in [0, 0.1) is 17.8 Å². The number of anilines is 1. The van der Waals surface area contributed by atoms with E-state index in [1.54, 1.807) is 6.20 Å². The highest BCUT2D eigenvalue weighted by atomic mass is 79.9. The van der Waals surface area contributed by atoms with E-state index in [9.17, 15) is 4.79 Å². The topological polar surface area (TPSA) is 109 Å². The summed E-state index contributed by atoms with van der Waals surface area (Å²) >= 11 is 3.64. The third-order valence-corrected chi connectivity index (χ3v) is 7.91. The van der Waals surface area contributed by atoms with E-state index in [0.29, 0.717) is 11.6 Å². The Kier molecular flexibility index (Phi) is 5.63. The van der Waals surface area contributed by atoms with Gasteiger partial charge in [0.1, 0.15) is 11.3 Å². The highest BCUT2D eigenvalue weighted by molar-refractivity contribution is 9.10. The van der Waals surface area contributed by atoms with Gasteiger partial charge in [-0.15, -0.1) is 0 Å². The molecule has 2 bridgehead atoms. The van der Waals surface area contributed by atoms with Gasteiger partial charge in [-0.2, -0.15) is 0 Å². The van der Waals surface area contributed by atoms with Gasteiger partial charge in [-0.1, -0.05) is 36.4 Å². The Morgan fingerprint density at radius 3 is 2.74 bits per heavy atom. The van der Waals surface area contributed by atoms with E-state index < -0.39 is 0 Å². The fourth-order valence-corrected chi connectivity index (χ4v) is 5.99. The number of halogens is 1. The van der Waals surface area contributed by atoms with E-state index in [0.717, 1.165) is 66.3 Å². The van der Waals surface area contributed by atoms with Crippen LogP contribution in [0.25, 0.3) is 22.6 Å². The number of nitrogens with one attached hydrogen (secondary N) is 2. The first-order valence-electron chi connectivity index (χ1n) is 11.7. The minimum Gasteiger partial charge on any atom is -0.379 e. The van der Waals surface area contributed by atoms with Crippen LogP contribution >= 0.6 is 15.9 Å². The van der Waals surface area contributed by atoms with Gasteiger partial charge in [0.2, 0.25) is 5.91 Å². The van der Waals surface area contributed by atoms with Gasteiger partial charge < -0.3 is 20.8 Å². The zero-order valence-corrected chi connectivity index (χ0v) is 20.3. The van der Waals surface area contributed by atoms with E-state index in [2.05, 4.69) is 72.5 Å². The molecule has 176 valence electrons. The van der Waals surface area contributed by atoms with Gasteiger partial charge in [-0.05, 0) is 39.8 Å². The van der Waals surface area contributed by atoms with Crippen molar-refractivity contribution in [1.82, 2.24) is 19.9 Å². The summed E-state index contributed by atoms with van der Waals surface area (Å²) in [5, 5.41) is 3.61. The highest BCUT2D eigenvalue weighted by Gasteiger charge is 2.47. The molecule has 9 heteroatoms. The second-order valence-corrected chi connectivity index (χ2v) is 10.3. The van der Waals surface area contributed by atoms with Gasteiger partial charge in [0.05, 0.1) is 29.3 Å². The van der Waals surface area contributed by atoms with Crippen LogP contribution in [0.15, 0.2) is 47.1 Å². The van der Waals surface area contributed by atoms with Gasteiger partial charge in [0.15, 0.2) is 5.65 Å². The number of nitrogens with two attached hydrogens (primary N) is 1. The summed E-state index contributed by atoms with van der Waals surface area (Å²) in [7, 11) is 0. The van der Waals surface area contributed by atoms with Crippen molar-refractivity contribution >= 4 is 38.7 Å². The highest BCUT2D eigenvalue weighted by Crippen LogP contribution is 2.46. The molecule has 1 saturated heterocycles. The van der Waals surface area contributed by atoms with Crippen molar-refractivity contribution in [3.05, 3.63) is 52.7 Å². The molecule has 3 heterocycles. The summed E-state index contributed by atoms with van der Waals surface area (Å²) in [5.41, 5.74) is 10.4. The molecule has 0 spiro atoms. The van der Waals surface area contributed by atoms with Crippen molar-refractivity contribution in [3.8, 4) is 11.4 Å². The lowest BCUT2D eigenvalue weighted by molar-refractivity contribution is -0.122. The monoisotopic (exact) mass is 522 g/mol. The van der Waals surface area contributed by atoms with Crippen molar-refractivity contribution in [1.29, 1.82) is 0 Å². The number of fused-ring (bicyclic) bond motifs is 3. The SMILES string of the molecule is NC(=O)[C@@H]1[C@H](Nc2c(Br)cnc3nc(-c4ccc(CN5CCOCC5)cc4)[nH]c23)[C@@H]2C=C[C@@H]1C2. The molecule has 8 nitrogen and oxygen atoms in total. The smallest absolute Gasteiger partial charge is 0.223 e. The van der Waals surface area contributed by atoms with Crippen molar-refractivity contribution in [2.45, 2.75) is 19.0 Å². The number of allylic oxidation sites excluding steroid dienone is 1. The first-order valence-corrected chi connectivity index (χ1v) is 12.5. The number of morpholine rings is 1. The molecule has 3 aromatic rings. The zero-order valence-electron chi connectivity index (χ0n) is 18.7. The van der Waals surface area contributed by atoms with Crippen LogP contribution < -0.4 is 11.1 Å². The molecule has 4 atom stereocenters. The third-order valence-electron chi connectivity index (χ3n) is 7.31. The molecule has 1 aromatic carbocycles. The number of hydrogen-bond acceptors (Lipinski definition) is 6. The first kappa shape index (κ1) is 21.8. The minimum absolute atomic E-state index is 0.0411. The fourth-order valence-electron chi connectivity index (χ4n) is 5.57. The van der Waals surface area contributed by atoms with Crippen LogP contribution in [0.3, 0.4) is 0 Å². The summed E-state index contributed by atoms with van der Waals surface area (Å²) < 4.78 is 6.27. The fraction of sp³-hybridized carbons (Fsp3) is 0.400. The molecule has 3 aliphatic rings. The number of benzene rings is 1. The van der Waals surface area contributed by atoms with Gasteiger partial charge in [0.25, 0.3) is 0 Å². The third kappa shape index (κ3) is 3.91. The number of ether oxygens (including phenoxy) is 1. The van der Waals surface area contributed by atoms with Crippen LogP contribution in [0.5, 0.6) is 0 Å². The van der Waals surface area contributed by atoms with Crippen molar-refractivity contribution in [2.24, 2.45) is 23.5 Å². The van der Waals surface area contributed by atoms with Crippen molar-refractivity contribution in [3.63, 3.8) is 0 Å². The second-order valence-electron chi connectivity index (χ2n) is 9.40. The Bertz CT molecular complexity index is 1250. The maximum absolute atomic E-state index is 12.2. The molecule has 4 N–H and O–H groups in total. The Morgan fingerprint density at radius 1 is 1.21 bits per heavy atom. The van der Waals surface area contributed by atoms with Crippen LogP contribution in [0.4, 0.5) is 5.69 Å². The number of nitrogens with zero attached hydrogens (tertiary/aromatic N) is 3. The number of imidazole rings is 1. The molecule has 1 amide bonds. The summed E-state index contributed by atoms with van der Waals surface area (Å²) in [6, 6.07) is 8.46. The number of amides is 1. The zero-order chi connectivity index (χ0) is 23.2. The molecule has 2 aliphatic carbocycles. The molecule has 6 rings (SSSR count). The number of hydrogen-bond donors (Lipinski definition) is 3. The number of aromatic nitrogens is 3. The number of pyridine rings is 1. The largest absolute Gasteiger partial charge is 0.379 e. The van der Waals surface area contributed by atoms with Crippen LogP contribution in [-0.4, -0.2) is 58.1 Å². The van der Waals surface area contributed by atoms with Gasteiger partial charge >= 0.3 is 0 Å². The van der Waals surface area contributed by atoms with Gasteiger partial charge in [0, 0.05) is 37.4 Å². The number of carbonyl (C=O) groups is 1. The summed E-state index contributed by atoms with van der Waals surface area (Å²) in [5.74, 6) is 0.800.